The second-order valence-electron chi connectivity index (χ2n) is 22.1. The van der Waals surface area contributed by atoms with Gasteiger partial charge in [-0.2, -0.15) is 27.4 Å². The van der Waals surface area contributed by atoms with Gasteiger partial charge in [-0.15, -0.1) is 0 Å². The summed E-state index contributed by atoms with van der Waals surface area (Å²) < 4.78 is 0. The zero-order chi connectivity index (χ0) is 53.1. The molecule has 0 unspecified atom stereocenters. The fourth-order valence-corrected chi connectivity index (χ4v) is 20.3. The van der Waals surface area contributed by atoms with E-state index in [4.69, 9.17) is 0 Å². The minimum Gasteiger partial charge on any atom is -1.00 e. The van der Waals surface area contributed by atoms with Crippen molar-refractivity contribution in [3.05, 3.63) is 323 Å². The van der Waals surface area contributed by atoms with Crippen LogP contribution in [0.25, 0.3) is 0 Å². The largest absolute Gasteiger partial charge is 4.00 e. The van der Waals surface area contributed by atoms with Gasteiger partial charge in [-0.3, -0.25) is 0 Å². The van der Waals surface area contributed by atoms with E-state index in [9.17, 15) is 0 Å². The molecule has 0 aliphatic rings. The molecule has 0 fully saturated rings. The summed E-state index contributed by atoms with van der Waals surface area (Å²) in [6.45, 7) is 24.7. The standard InChI is InChI=1S/C75H75Si.3ClH.Ti/c1-50-51(2)56(7)72(55(50)6)76(73-57(8)52(3)66(41-60-29-17-11-18-30-60)47-69(73)44-63-35-23-14-24-36-63,74-58(9)53(4)67(42-61-31-19-12-20-32-61)48-70(74)45-64-37-25-15-26-38-64)75-59(10)54(5)68(43-62-33-21-13-22-34-62)49-71(75)46-65-39-27-16-28-40-65;;;;/h11-40,47-49H,41-46H2,1-10H3;3*1H;/q-1;;;;+4/p-3. The molecule has 0 N–H and O–H groups in total. The summed E-state index contributed by atoms with van der Waals surface area (Å²) in [6, 6.07) is 75.5. The molecule has 0 saturated carbocycles. The van der Waals surface area contributed by atoms with Crippen molar-refractivity contribution < 1.29 is 58.9 Å². The Morgan fingerprint density at radius 1 is 0.275 bits per heavy atom. The third-order valence-corrected chi connectivity index (χ3v) is 23.5. The molecule has 10 rings (SSSR count). The van der Waals surface area contributed by atoms with Crippen LogP contribution in [0.1, 0.15) is 122 Å². The van der Waals surface area contributed by atoms with Crippen molar-refractivity contribution in [2.45, 2.75) is 108 Å². The first kappa shape index (κ1) is 63.3. The summed E-state index contributed by atoms with van der Waals surface area (Å²) in [6.07, 6.45) is 5.15. The Kier molecular flexibility index (Phi) is 21.9. The van der Waals surface area contributed by atoms with Crippen LogP contribution in [-0.2, 0) is 60.2 Å². The Morgan fingerprint density at radius 3 is 0.688 bits per heavy atom. The third kappa shape index (κ3) is 12.6. The number of hydrogen-bond donors (Lipinski definition) is 0. The van der Waals surface area contributed by atoms with E-state index in [1.54, 1.807) is 20.7 Å². The van der Waals surface area contributed by atoms with Crippen LogP contribution < -0.4 is 58.0 Å². The van der Waals surface area contributed by atoms with Gasteiger partial charge >= 0.3 is 21.7 Å². The van der Waals surface area contributed by atoms with Crippen LogP contribution in [0.15, 0.2) is 200 Å². The topological polar surface area (TPSA) is 0 Å². The number of rotatable bonds is 16. The Labute approximate surface area is 514 Å². The average molecular weight is 1160 g/mol. The van der Waals surface area contributed by atoms with Gasteiger partial charge in [-0.1, -0.05) is 228 Å². The normalized spacial score (nSPS) is 11.0. The monoisotopic (exact) mass is 1160 g/mol. The molecule has 0 aromatic heterocycles. The van der Waals surface area contributed by atoms with E-state index in [-0.39, 0.29) is 58.9 Å². The molecule has 0 radical (unpaired) electrons. The molecule has 10 aromatic carbocycles. The minimum atomic E-state index is -3.57. The van der Waals surface area contributed by atoms with E-state index >= 15 is 0 Å². The molecular weight excluding hydrogens is 1080 g/mol. The molecule has 0 nitrogen and oxygen atoms in total. The van der Waals surface area contributed by atoms with E-state index in [0.717, 1.165) is 38.5 Å². The molecule has 5 heteroatoms. The third-order valence-electron chi connectivity index (χ3n) is 17.6. The smallest absolute Gasteiger partial charge is 1.00 e. The van der Waals surface area contributed by atoms with Crippen LogP contribution >= 0.6 is 0 Å². The van der Waals surface area contributed by atoms with Gasteiger partial charge in [-0.05, 0) is 196 Å². The van der Waals surface area contributed by atoms with Crippen LogP contribution in [0.3, 0.4) is 0 Å². The molecule has 10 aromatic rings. The van der Waals surface area contributed by atoms with E-state index in [1.807, 2.05) is 0 Å². The van der Waals surface area contributed by atoms with Gasteiger partial charge in [0, 0.05) is 0 Å². The van der Waals surface area contributed by atoms with E-state index < -0.39 is 8.07 Å². The molecule has 0 bridgehead atoms. The number of hydrogen-bond acceptors (Lipinski definition) is 0. The van der Waals surface area contributed by atoms with Crippen LogP contribution in [0.4, 0.5) is 0 Å². The van der Waals surface area contributed by atoms with E-state index in [2.05, 4.69) is 269 Å². The Hall–Kier alpha value is -5.87. The maximum absolute atomic E-state index is 3.57. The van der Waals surface area contributed by atoms with Crippen molar-refractivity contribution in [3.63, 3.8) is 0 Å². The summed E-state index contributed by atoms with van der Waals surface area (Å²) in [4.78, 5) is 0. The van der Waals surface area contributed by atoms with Crippen molar-refractivity contribution in [2.24, 2.45) is 0 Å². The van der Waals surface area contributed by atoms with Gasteiger partial charge in [0.15, 0.2) is 8.07 Å². The van der Waals surface area contributed by atoms with Crippen molar-refractivity contribution in [2.75, 3.05) is 0 Å². The summed E-state index contributed by atoms with van der Waals surface area (Å²) in [5, 5.41) is 6.29. The summed E-state index contributed by atoms with van der Waals surface area (Å²) in [7, 11) is -3.57. The summed E-state index contributed by atoms with van der Waals surface area (Å²) in [5.74, 6) is 0. The summed E-state index contributed by atoms with van der Waals surface area (Å²) in [5.41, 5.74) is 30.9. The molecule has 0 heterocycles. The van der Waals surface area contributed by atoms with Crippen LogP contribution in [0, 0.1) is 69.2 Å². The second kappa shape index (κ2) is 27.7. The van der Waals surface area contributed by atoms with Gasteiger partial charge in [-0.25, -0.2) is 0 Å². The molecule has 404 valence electrons. The summed E-state index contributed by atoms with van der Waals surface area (Å²) >= 11 is 0. The molecule has 0 amide bonds. The quantitative estimate of drug-likeness (QED) is 0.0596. The zero-order valence-electron chi connectivity index (χ0n) is 48.4. The van der Waals surface area contributed by atoms with E-state index in [1.165, 1.54) is 122 Å². The van der Waals surface area contributed by atoms with Crippen LogP contribution in [0.2, 0.25) is 0 Å². The number of benzene rings is 9. The molecule has 0 atom stereocenters. The van der Waals surface area contributed by atoms with Gasteiger partial charge < -0.3 is 37.2 Å². The fourth-order valence-electron chi connectivity index (χ4n) is 13.1. The van der Waals surface area contributed by atoms with Gasteiger partial charge in [0.1, 0.15) is 0 Å². The first-order valence-electron chi connectivity index (χ1n) is 27.7. The second-order valence-corrected chi connectivity index (χ2v) is 25.6. The zero-order valence-corrected chi connectivity index (χ0v) is 53.3. The molecule has 80 heavy (non-hydrogen) atoms. The Morgan fingerprint density at radius 2 is 0.487 bits per heavy atom. The van der Waals surface area contributed by atoms with Crippen molar-refractivity contribution in [3.8, 4) is 0 Å². The van der Waals surface area contributed by atoms with Gasteiger partial charge in [0.05, 0.1) is 0 Å². The van der Waals surface area contributed by atoms with Crippen molar-refractivity contribution in [1.82, 2.24) is 0 Å². The predicted molar refractivity (Wildman–Crippen MR) is 329 cm³/mol. The first-order chi connectivity index (χ1) is 36.8. The predicted octanol–water partition coefficient (Wildman–Crippen LogP) is 6.42. The molecule has 0 saturated heterocycles. The first-order valence-corrected chi connectivity index (χ1v) is 29.7. The SMILES string of the molecule is Cc1c(Cc2ccccc2)cc(Cc2ccccc2)c([Si](c2c(Cc3ccccc3)cc(Cc3ccccc3)c(C)c2C)(c2c(Cc3ccccc3)cc(Cc3ccccc3)c(C)c2C)c2c(C)c(C)c(C)[c-]2C)c1C.[Cl-].[Cl-].[Cl-].[Ti+4]. The Bertz CT molecular complexity index is 3300. The molecular formula is C75H75Cl3SiTi. The van der Waals surface area contributed by atoms with Crippen molar-refractivity contribution in [1.29, 1.82) is 0 Å². The van der Waals surface area contributed by atoms with Crippen molar-refractivity contribution >= 4 is 28.8 Å². The maximum Gasteiger partial charge on any atom is 4.00 e. The number of halogens is 3. The Balaban J connectivity index is 0.00000258. The minimum absolute atomic E-state index is 0. The van der Waals surface area contributed by atoms with E-state index in [0.29, 0.717) is 0 Å². The average Bonchev–Trinajstić information content (AvgIpc) is 3.11. The van der Waals surface area contributed by atoms with Crippen LogP contribution in [-0.4, -0.2) is 8.07 Å². The van der Waals surface area contributed by atoms with Crippen LogP contribution in [0.5, 0.6) is 0 Å². The van der Waals surface area contributed by atoms with Gasteiger partial charge in [0.2, 0.25) is 0 Å². The maximum atomic E-state index is 2.68. The molecule has 0 aliphatic heterocycles. The molecule has 0 aliphatic carbocycles. The molecule has 0 spiro atoms. The van der Waals surface area contributed by atoms with Gasteiger partial charge in [0.25, 0.3) is 0 Å². The fraction of sp³-hybridized carbons (Fsp3) is 0.213.